The zero-order chi connectivity index (χ0) is 22.2. The fourth-order valence-electron chi connectivity index (χ4n) is 3.56. The van der Waals surface area contributed by atoms with Crippen molar-refractivity contribution < 1.29 is 13.6 Å². The Balaban J connectivity index is 1.65. The molecule has 3 aromatic heterocycles. The molecule has 7 nitrogen and oxygen atoms in total. The summed E-state index contributed by atoms with van der Waals surface area (Å²) in [6.45, 7) is 1.39. The maximum atomic E-state index is 14.5. The largest absolute Gasteiger partial charge is 0.326 e. The number of carbonyl (C=O) groups excluding carboxylic acids is 1. The lowest BCUT2D eigenvalue weighted by Gasteiger charge is -2.12. The van der Waals surface area contributed by atoms with Crippen LogP contribution in [0.2, 0.25) is 0 Å². The highest BCUT2D eigenvalue weighted by Crippen LogP contribution is 2.31. The van der Waals surface area contributed by atoms with E-state index < -0.39 is 11.6 Å². The molecule has 3 heterocycles. The molecule has 158 valence electrons. The van der Waals surface area contributed by atoms with Crippen molar-refractivity contribution in [1.29, 1.82) is 0 Å². The van der Waals surface area contributed by atoms with E-state index in [2.05, 4.69) is 25.5 Å². The number of hydrogen-bond acceptors (Lipinski definition) is 4. The highest BCUT2D eigenvalue weighted by atomic mass is 19.1. The fourth-order valence-corrected chi connectivity index (χ4v) is 3.56. The lowest BCUT2D eigenvalue weighted by molar-refractivity contribution is -0.114. The topological polar surface area (TPSA) is 88.5 Å². The number of hydrogen-bond donors (Lipinski definition) is 2. The second kappa shape index (κ2) is 7.69. The molecule has 5 aromatic rings. The molecule has 0 saturated heterocycles. The monoisotopic (exact) mass is 430 g/mol. The number of aromatic nitrogens is 5. The smallest absolute Gasteiger partial charge is 0.221 e. The Morgan fingerprint density at radius 2 is 1.88 bits per heavy atom. The number of anilines is 1. The molecule has 0 spiro atoms. The second-order valence-corrected chi connectivity index (χ2v) is 7.24. The first-order chi connectivity index (χ1) is 15.5. The van der Waals surface area contributed by atoms with Gasteiger partial charge in [0.05, 0.1) is 11.9 Å². The summed E-state index contributed by atoms with van der Waals surface area (Å²) in [6.07, 6.45) is 6.78. The quantitative estimate of drug-likeness (QED) is 0.432. The van der Waals surface area contributed by atoms with Crippen molar-refractivity contribution in [1.82, 2.24) is 24.7 Å². The van der Waals surface area contributed by atoms with E-state index in [0.717, 1.165) is 17.2 Å². The van der Waals surface area contributed by atoms with Gasteiger partial charge in [-0.1, -0.05) is 0 Å². The first-order valence-electron chi connectivity index (χ1n) is 9.69. The molecule has 0 saturated carbocycles. The molecule has 1 amide bonds. The van der Waals surface area contributed by atoms with Gasteiger partial charge < -0.3 is 5.32 Å². The summed E-state index contributed by atoms with van der Waals surface area (Å²) in [7, 11) is 0. The van der Waals surface area contributed by atoms with Crippen LogP contribution in [0, 0.1) is 11.6 Å². The average Bonchev–Trinajstić information content (AvgIpc) is 3.42. The van der Waals surface area contributed by atoms with Crippen LogP contribution in [0.4, 0.5) is 14.5 Å². The third kappa shape index (κ3) is 3.60. The number of H-pyrrole nitrogens is 1. The molecule has 0 fully saturated rings. The third-order valence-corrected chi connectivity index (χ3v) is 4.98. The Bertz CT molecular complexity index is 1460. The van der Waals surface area contributed by atoms with Crippen molar-refractivity contribution in [2.75, 3.05) is 5.32 Å². The lowest BCUT2D eigenvalue weighted by atomic mass is 10.0. The van der Waals surface area contributed by atoms with Gasteiger partial charge in [0, 0.05) is 47.8 Å². The van der Waals surface area contributed by atoms with E-state index in [0.29, 0.717) is 28.1 Å². The molecule has 2 N–H and O–H groups in total. The summed E-state index contributed by atoms with van der Waals surface area (Å²) in [4.78, 5) is 20.6. The van der Waals surface area contributed by atoms with Crippen LogP contribution in [-0.2, 0) is 4.79 Å². The predicted molar refractivity (Wildman–Crippen MR) is 116 cm³/mol. The number of aromatic amines is 1. The van der Waals surface area contributed by atoms with Crippen molar-refractivity contribution in [3.63, 3.8) is 0 Å². The molecule has 0 radical (unpaired) electrons. The van der Waals surface area contributed by atoms with Gasteiger partial charge in [-0.05, 0) is 42.0 Å². The van der Waals surface area contributed by atoms with Gasteiger partial charge in [-0.15, -0.1) is 0 Å². The molecule has 32 heavy (non-hydrogen) atoms. The van der Waals surface area contributed by atoms with E-state index in [1.165, 1.54) is 19.1 Å². The fraction of sp³-hybridized carbons (Fsp3) is 0.0435. The van der Waals surface area contributed by atoms with Crippen LogP contribution < -0.4 is 5.32 Å². The summed E-state index contributed by atoms with van der Waals surface area (Å²) in [5.41, 5.74) is 4.74. The lowest BCUT2D eigenvalue weighted by Crippen LogP contribution is -2.07. The van der Waals surface area contributed by atoms with Crippen molar-refractivity contribution in [2.45, 2.75) is 6.92 Å². The Labute approximate surface area is 180 Å². The molecular weight excluding hydrogens is 414 g/mol. The average molecular weight is 430 g/mol. The zero-order valence-corrected chi connectivity index (χ0v) is 16.8. The van der Waals surface area contributed by atoms with Crippen molar-refractivity contribution in [3.8, 4) is 27.9 Å². The summed E-state index contributed by atoms with van der Waals surface area (Å²) < 4.78 is 29.6. The van der Waals surface area contributed by atoms with Crippen molar-refractivity contribution >= 4 is 22.8 Å². The second-order valence-electron chi connectivity index (χ2n) is 7.24. The standard InChI is InChI=1S/C23H16F2N6O/c1-13(32)30-18-4-14(20-3-2-17(24)7-21(20)25)5-19(8-18)31-12-27-22-6-15(9-26-23(22)31)16-10-28-29-11-16/h2-12H,1H3,(H,28,29)(H,30,32). The van der Waals surface area contributed by atoms with Crippen LogP contribution in [0.1, 0.15) is 6.92 Å². The highest BCUT2D eigenvalue weighted by Gasteiger charge is 2.14. The van der Waals surface area contributed by atoms with Crippen LogP contribution in [0.3, 0.4) is 0 Å². The first-order valence-corrected chi connectivity index (χ1v) is 9.69. The Hall–Kier alpha value is -4.40. The molecule has 0 bridgehead atoms. The minimum atomic E-state index is -0.700. The normalized spacial score (nSPS) is 11.1. The molecule has 0 aliphatic rings. The van der Waals surface area contributed by atoms with E-state index in [9.17, 15) is 13.6 Å². The number of imidazole rings is 1. The van der Waals surface area contributed by atoms with E-state index >= 15 is 0 Å². The maximum absolute atomic E-state index is 14.5. The maximum Gasteiger partial charge on any atom is 0.221 e. The number of nitrogens with one attached hydrogen (secondary N) is 2. The summed E-state index contributed by atoms with van der Waals surface area (Å²) in [6, 6.07) is 10.4. The van der Waals surface area contributed by atoms with Crippen LogP contribution in [-0.4, -0.2) is 30.6 Å². The zero-order valence-electron chi connectivity index (χ0n) is 16.8. The number of carbonyl (C=O) groups is 1. The van der Waals surface area contributed by atoms with Gasteiger partial charge in [0.1, 0.15) is 23.5 Å². The number of amides is 1. The number of benzene rings is 2. The van der Waals surface area contributed by atoms with Crippen LogP contribution in [0.15, 0.2) is 67.4 Å². The molecule has 0 unspecified atom stereocenters. The summed E-state index contributed by atoms with van der Waals surface area (Å²) in [5, 5.41) is 9.44. The van der Waals surface area contributed by atoms with Gasteiger partial charge in [0.2, 0.25) is 5.91 Å². The Morgan fingerprint density at radius 1 is 1.00 bits per heavy atom. The van der Waals surface area contributed by atoms with Gasteiger partial charge in [-0.3, -0.25) is 14.5 Å². The first kappa shape index (κ1) is 19.6. The molecular formula is C23H16F2N6O. The molecule has 0 atom stereocenters. The van der Waals surface area contributed by atoms with E-state index in [4.69, 9.17) is 0 Å². The number of nitrogens with zero attached hydrogens (tertiary/aromatic N) is 4. The minimum absolute atomic E-state index is 0.208. The Morgan fingerprint density at radius 3 is 2.62 bits per heavy atom. The van der Waals surface area contributed by atoms with Gasteiger partial charge in [-0.25, -0.2) is 18.7 Å². The number of pyridine rings is 1. The number of fused-ring (bicyclic) bond motifs is 1. The van der Waals surface area contributed by atoms with Crippen molar-refractivity contribution in [3.05, 3.63) is 79.0 Å². The molecule has 0 aliphatic heterocycles. The van der Waals surface area contributed by atoms with E-state index in [1.807, 2.05) is 6.07 Å². The Kier molecular flexibility index (Phi) is 4.70. The molecule has 2 aromatic carbocycles. The van der Waals surface area contributed by atoms with E-state index in [1.54, 1.807) is 47.7 Å². The van der Waals surface area contributed by atoms with Crippen molar-refractivity contribution in [2.24, 2.45) is 0 Å². The minimum Gasteiger partial charge on any atom is -0.326 e. The SMILES string of the molecule is CC(=O)Nc1cc(-c2ccc(F)cc2F)cc(-n2cnc3cc(-c4cn[nH]c4)cnc32)c1. The number of rotatable bonds is 4. The highest BCUT2D eigenvalue weighted by molar-refractivity contribution is 5.90. The molecule has 5 rings (SSSR count). The van der Waals surface area contributed by atoms with Crippen LogP contribution in [0.25, 0.3) is 39.1 Å². The molecule has 0 aliphatic carbocycles. The van der Waals surface area contributed by atoms with Gasteiger partial charge >= 0.3 is 0 Å². The van der Waals surface area contributed by atoms with Gasteiger partial charge in [0.25, 0.3) is 0 Å². The van der Waals surface area contributed by atoms with Gasteiger partial charge in [-0.2, -0.15) is 5.10 Å². The van der Waals surface area contributed by atoms with Gasteiger partial charge in [0.15, 0.2) is 5.65 Å². The number of halogens is 2. The van der Waals surface area contributed by atoms with Crippen LogP contribution in [0.5, 0.6) is 0 Å². The van der Waals surface area contributed by atoms with E-state index in [-0.39, 0.29) is 11.5 Å². The summed E-state index contributed by atoms with van der Waals surface area (Å²) in [5.74, 6) is -1.64. The predicted octanol–water partition coefficient (Wildman–Crippen LogP) is 4.71. The van der Waals surface area contributed by atoms with Crippen LogP contribution >= 0.6 is 0 Å². The third-order valence-electron chi connectivity index (χ3n) is 4.98. The summed E-state index contributed by atoms with van der Waals surface area (Å²) >= 11 is 0. The molecule has 9 heteroatoms.